The summed E-state index contributed by atoms with van der Waals surface area (Å²) in [5.74, 6) is 1.06. The second kappa shape index (κ2) is 8.21. The van der Waals surface area contributed by atoms with Crippen LogP contribution in [0.25, 0.3) is 10.9 Å². The maximum atomic E-state index is 12.3. The van der Waals surface area contributed by atoms with Crippen LogP contribution < -0.4 is 14.9 Å². The zero-order valence-electron chi connectivity index (χ0n) is 18.6. The average Bonchev–Trinajstić information content (AvgIpc) is 3.07. The molecule has 0 unspecified atom stereocenters. The number of aromatic nitrogens is 4. The maximum absolute atomic E-state index is 12.3. The van der Waals surface area contributed by atoms with Crippen LogP contribution in [0.1, 0.15) is 11.3 Å². The van der Waals surface area contributed by atoms with Crippen LogP contribution in [-0.4, -0.2) is 42.3 Å². The fraction of sp³-hybridized carbons (Fsp3) is 0.227. The number of nitrogens with zero attached hydrogens (tertiary/aromatic N) is 5. The van der Waals surface area contributed by atoms with E-state index in [9.17, 15) is 8.42 Å². The van der Waals surface area contributed by atoms with Gasteiger partial charge in [-0.2, -0.15) is 10.1 Å². The molecule has 0 fully saturated rings. The van der Waals surface area contributed by atoms with E-state index in [1.807, 2.05) is 48.8 Å². The van der Waals surface area contributed by atoms with Gasteiger partial charge in [-0.3, -0.25) is 4.68 Å². The molecule has 10 heteroatoms. The second-order valence-corrected chi connectivity index (χ2v) is 9.38. The molecule has 0 aliphatic heterocycles. The van der Waals surface area contributed by atoms with Crippen LogP contribution in [0, 0.1) is 13.8 Å². The lowest BCUT2D eigenvalue weighted by Gasteiger charge is -2.19. The number of sulfonamides is 1. The van der Waals surface area contributed by atoms with Crippen molar-refractivity contribution in [3.8, 4) is 0 Å². The summed E-state index contributed by atoms with van der Waals surface area (Å²) < 4.78 is 28.7. The van der Waals surface area contributed by atoms with E-state index < -0.39 is 10.0 Å². The highest BCUT2D eigenvalue weighted by atomic mass is 32.2. The lowest BCUT2D eigenvalue weighted by atomic mass is 10.2. The molecule has 2 N–H and O–H groups in total. The number of hydrogen-bond donors (Lipinski definition) is 2. The molecule has 0 atom stereocenters. The normalized spacial score (nSPS) is 11.7. The lowest BCUT2D eigenvalue weighted by Crippen LogP contribution is -2.19. The molecule has 2 aromatic heterocycles. The number of nitrogens with one attached hydrogen (secondary N) is 2. The molecule has 0 saturated heterocycles. The Kier molecular flexibility index (Phi) is 5.57. The molecule has 0 radical (unpaired) electrons. The smallest absolute Gasteiger partial charge is 0.240 e. The fourth-order valence-corrected chi connectivity index (χ4v) is 4.45. The number of hydrogen-bond acceptors (Lipinski definition) is 7. The molecule has 4 aromatic rings. The van der Waals surface area contributed by atoms with Gasteiger partial charge in [0.25, 0.3) is 0 Å². The molecule has 2 heterocycles. The summed E-state index contributed by atoms with van der Waals surface area (Å²) in [7, 11) is 1.69. The fourth-order valence-electron chi connectivity index (χ4n) is 3.46. The van der Waals surface area contributed by atoms with E-state index in [1.54, 1.807) is 31.3 Å². The van der Waals surface area contributed by atoms with Gasteiger partial charge in [-0.15, -0.1) is 0 Å². The van der Waals surface area contributed by atoms with Crippen molar-refractivity contribution in [3.05, 3.63) is 59.9 Å². The minimum absolute atomic E-state index is 0.207. The van der Waals surface area contributed by atoms with E-state index >= 15 is 0 Å². The Morgan fingerprint density at radius 3 is 2.59 bits per heavy atom. The van der Waals surface area contributed by atoms with Crippen molar-refractivity contribution in [1.82, 2.24) is 24.5 Å². The van der Waals surface area contributed by atoms with Crippen LogP contribution in [0.3, 0.4) is 0 Å². The summed E-state index contributed by atoms with van der Waals surface area (Å²) >= 11 is 0. The third kappa shape index (κ3) is 4.02. The van der Waals surface area contributed by atoms with Crippen LogP contribution >= 0.6 is 0 Å². The molecule has 0 amide bonds. The van der Waals surface area contributed by atoms with Crippen LogP contribution in [0.15, 0.2) is 53.6 Å². The SMILES string of the molecule is CNS(=O)(=O)c1cc(Nc2nccc(N(C)c3ccc4nn(C)c(C)c4c3)n2)ccc1C. The number of rotatable bonds is 6. The quantitative estimate of drug-likeness (QED) is 0.463. The van der Waals surface area contributed by atoms with Crippen molar-refractivity contribution in [1.29, 1.82) is 0 Å². The molecular formula is C22H25N7O2S. The lowest BCUT2D eigenvalue weighted by molar-refractivity contribution is 0.587. The molecule has 0 aliphatic rings. The summed E-state index contributed by atoms with van der Waals surface area (Å²) in [5, 5.41) is 8.69. The Morgan fingerprint density at radius 1 is 1.06 bits per heavy atom. The first-order valence-electron chi connectivity index (χ1n) is 10.0. The number of aryl methyl sites for hydroxylation is 3. The minimum Gasteiger partial charge on any atom is -0.329 e. The van der Waals surface area contributed by atoms with Crippen LogP contribution in [-0.2, 0) is 17.1 Å². The minimum atomic E-state index is -3.57. The van der Waals surface area contributed by atoms with E-state index in [1.165, 1.54) is 7.05 Å². The van der Waals surface area contributed by atoms with Gasteiger partial charge in [-0.25, -0.2) is 18.1 Å². The highest BCUT2D eigenvalue weighted by Crippen LogP contribution is 2.28. The molecule has 0 aliphatic carbocycles. The van der Waals surface area contributed by atoms with Gasteiger partial charge < -0.3 is 10.2 Å². The van der Waals surface area contributed by atoms with E-state index in [4.69, 9.17) is 0 Å². The Balaban J connectivity index is 1.63. The Morgan fingerprint density at radius 2 is 1.84 bits per heavy atom. The monoisotopic (exact) mass is 451 g/mol. The van der Waals surface area contributed by atoms with Gasteiger partial charge in [-0.05, 0) is 62.9 Å². The highest BCUT2D eigenvalue weighted by molar-refractivity contribution is 7.89. The van der Waals surface area contributed by atoms with Gasteiger partial charge in [0, 0.05) is 42.7 Å². The predicted octanol–water partition coefficient (Wildman–Crippen LogP) is 3.40. The van der Waals surface area contributed by atoms with Crippen LogP contribution in [0.5, 0.6) is 0 Å². The molecule has 0 spiro atoms. The summed E-state index contributed by atoms with van der Waals surface area (Å²) in [5.41, 5.74) is 4.24. The Labute approximate surface area is 187 Å². The third-order valence-electron chi connectivity index (χ3n) is 5.49. The summed E-state index contributed by atoms with van der Waals surface area (Å²) in [6.45, 7) is 3.79. The van der Waals surface area contributed by atoms with Crippen molar-refractivity contribution in [2.24, 2.45) is 7.05 Å². The first kappa shape index (κ1) is 21.7. The zero-order chi connectivity index (χ0) is 23.0. The topological polar surface area (TPSA) is 105 Å². The summed E-state index contributed by atoms with van der Waals surface area (Å²) in [4.78, 5) is 11.1. The van der Waals surface area contributed by atoms with Gasteiger partial charge in [0.1, 0.15) is 5.82 Å². The highest BCUT2D eigenvalue weighted by Gasteiger charge is 2.16. The van der Waals surface area contributed by atoms with Gasteiger partial charge in [-0.1, -0.05) is 6.07 Å². The Hall–Kier alpha value is -3.50. The molecule has 0 saturated carbocycles. The number of anilines is 4. The van der Waals surface area contributed by atoms with Crippen molar-refractivity contribution in [2.75, 3.05) is 24.3 Å². The summed E-state index contributed by atoms with van der Waals surface area (Å²) in [6.07, 6.45) is 1.66. The van der Waals surface area contributed by atoms with Crippen LogP contribution in [0.4, 0.5) is 23.1 Å². The second-order valence-electron chi connectivity index (χ2n) is 7.52. The Bertz CT molecular complexity index is 1410. The molecular weight excluding hydrogens is 426 g/mol. The molecule has 166 valence electrons. The van der Waals surface area contributed by atoms with Crippen LogP contribution in [0.2, 0.25) is 0 Å². The van der Waals surface area contributed by atoms with Gasteiger partial charge >= 0.3 is 0 Å². The van der Waals surface area contributed by atoms with Crippen molar-refractivity contribution in [3.63, 3.8) is 0 Å². The van der Waals surface area contributed by atoms with Crippen molar-refractivity contribution >= 4 is 44.1 Å². The molecule has 4 rings (SSSR count). The average molecular weight is 452 g/mol. The van der Waals surface area contributed by atoms with E-state index in [-0.39, 0.29) is 4.90 Å². The standard InChI is InChI=1S/C22H25N7O2S/c1-14-6-7-16(12-20(14)32(30,31)23-3)25-22-24-11-10-21(26-22)28(4)17-8-9-19-18(13-17)15(2)29(5)27-19/h6-13,23H,1-5H3,(H,24,25,26). The maximum Gasteiger partial charge on any atom is 0.240 e. The number of fused-ring (bicyclic) bond motifs is 1. The van der Waals surface area contributed by atoms with Gasteiger partial charge in [0.2, 0.25) is 16.0 Å². The molecule has 9 nitrogen and oxygen atoms in total. The molecule has 0 bridgehead atoms. The third-order valence-corrected chi connectivity index (χ3v) is 7.04. The van der Waals surface area contributed by atoms with Crippen molar-refractivity contribution in [2.45, 2.75) is 18.7 Å². The van der Waals surface area contributed by atoms with Crippen molar-refractivity contribution < 1.29 is 8.42 Å². The molecule has 2 aromatic carbocycles. The van der Waals surface area contributed by atoms with Gasteiger partial charge in [0.15, 0.2) is 0 Å². The van der Waals surface area contributed by atoms with E-state index in [0.717, 1.165) is 22.3 Å². The predicted molar refractivity (Wildman–Crippen MR) is 126 cm³/mol. The zero-order valence-corrected chi connectivity index (χ0v) is 19.4. The van der Waals surface area contributed by atoms with E-state index in [0.29, 0.717) is 23.0 Å². The first-order chi connectivity index (χ1) is 15.2. The largest absolute Gasteiger partial charge is 0.329 e. The van der Waals surface area contributed by atoms with E-state index in [2.05, 4.69) is 31.2 Å². The number of benzene rings is 2. The first-order valence-corrected chi connectivity index (χ1v) is 11.5. The summed E-state index contributed by atoms with van der Waals surface area (Å²) in [6, 6.07) is 13.0. The molecule has 32 heavy (non-hydrogen) atoms. The van der Waals surface area contributed by atoms with Gasteiger partial charge in [0.05, 0.1) is 10.4 Å².